The maximum Gasteiger partial charge on any atom is 0.0637 e. The smallest absolute Gasteiger partial charge is 0.0637 e. The summed E-state index contributed by atoms with van der Waals surface area (Å²) in [5.74, 6) is 0.819. The van der Waals surface area contributed by atoms with E-state index in [1.165, 1.54) is 13.0 Å². The summed E-state index contributed by atoms with van der Waals surface area (Å²) in [7, 11) is 0. The monoisotopic (exact) mass is 198 g/mol. The minimum absolute atomic E-state index is 0.316. The van der Waals surface area contributed by atoms with Gasteiger partial charge < -0.3 is 10.5 Å². The second-order valence-corrected chi connectivity index (χ2v) is 4.98. The highest BCUT2D eigenvalue weighted by atomic mass is 16.5. The van der Waals surface area contributed by atoms with Crippen molar-refractivity contribution in [1.82, 2.24) is 4.90 Å². The standard InChI is InChI=1S/C11H22N2O/c1-8-5-9(2)13(6-8)11-7-14-4-3-10(11)12/h8-11H,3-7,12H2,1-2H3. The number of likely N-dealkylation sites (tertiary alicyclic amines) is 1. The lowest BCUT2D eigenvalue weighted by atomic mass is 10.0. The summed E-state index contributed by atoms with van der Waals surface area (Å²) < 4.78 is 5.53. The molecule has 14 heavy (non-hydrogen) atoms. The maximum absolute atomic E-state index is 6.14. The molecule has 4 unspecified atom stereocenters. The molecule has 2 saturated heterocycles. The Bertz CT molecular complexity index is 194. The molecule has 4 atom stereocenters. The first-order valence-corrected chi connectivity index (χ1v) is 5.77. The molecule has 0 aromatic heterocycles. The zero-order valence-electron chi connectivity index (χ0n) is 9.28. The predicted octanol–water partition coefficient (Wildman–Crippen LogP) is 0.833. The number of hydrogen-bond donors (Lipinski definition) is 1. The Morgan fingerprint density at radius 3 is 2.71 bits per heavy atom. The highest BCUT2D eigenvalue weighted by Crippen LogP contribution is 2.27. The van der Waals surface area contributed by atoms with Crippen LogP contribution in [0.2, 0.25) is 0 Å². The molecule has 0 radical (unpaired) electrons. The Labute approximate surface area is 86.6 Å². The van der Waals surface area contributed by atoms with E-state index in [1.54, 1.807) is 0 Å². The summed E-state index contributed by atoms with van der Waals surface area (Å²) in [5.41, 5.74) is 6.14. The van der Waals surface area contributed by atoms with Crippen molar-refractivity contribution in [2.24, 2.45) is 11.7 Å². The van der Waals surface area contributed by atoms with Crippen molar-refractivity contribution in [3.05, 3.63) is 0 Å². The van der Waals surface area contributed by atoms with E-state index in [-0.39, 0.29) is 0 Å². The van der Waals surface area contributed by atoms with Crippen LogP contribution >= 0.6 is 0 Å². The molecule has 2 heterocycles. The van der Waals surface area contributed by atoms with Crippen LogP contribution in [0.25, 0.3) is 0 Å². The molecule has 3 nitrogen and oxygen atoms in total. The van der Waals surface area contributed by atoms with E-state index in [9.17, 15) is 0 Å². The van der Waals surface area contributed by atoms with Gasteiger partial charge in [-0.15, -0.1) is 0 Å². The van der Waals surface area contributed by atoms with E-state index in [0.29, 0.717) is 18.1 Å². The van der Waals surface area contributed by atoms with E-state index in [0.717, 1.165) is 25.6 Å². The molecular formula is C11H22N2O. The van der Waals surface area contributed by atoms with Crippen LogP contribution in [0.4, 0.5) is 0 Å². The molecule has 2 fully saturated rings. The van der Waals surface area contributed by atoms with Crippen molar-refractivity contribution in [1.29, 1.82) is 0 Å². The van der Waals surface area contributed by atoms with E-state index in [4.69, 9.17) is 10.5 Å². The van der Waals surface area contributed by atoms with Crippen LogP contribution in [0.15, 0.2) is 0 Å². The van der Waals surface area contributed by atoms with Crippen molar-refractivity contribution in [2.45, 2.75) is 44.8 Å². The Balaban J connectivity index is 1.99. The van der Waals surface area contributed by atoms with Crippen LogP contribution in [0, 0.1) is 5.92 Å². The van der Waals surface area contributed by atoms with Gasteiger partial charge in [0.15, 0.2) is 0 Å². The first kappa shape index (κ1) is 10.4. The largest absolute Gasteiger partial charge is 0.380 e. The highest BCUT2D eigenvalue weighted by molar-refractivity contribution is 4.92. The Morgan fingerprint density at radius 2 is 2.14 bits per heavy atom. The fraction of sp³-hybridized carbons (Fsp3) is 1.00. The third-order valence-electron chi connectivity index (χ3n) is 3.64. The van der Waals surface area contributed by atoms with Crippen LogP contribution in [-0.4, -0.2) is 42.8 Å². The van der Waals surface area contributed by atoms with Gasteiger partial charge in [-0.1, -0.05) is 6.92 Å². The third-order valence-corrected chi connectivity index (χ3v) is 3.64. The molecule has 2 aliphatic rings. The quantitative estimate of drug-likeness (QED) is 0.678. The molecule has 82 valence electrons. The van der Waals surface area contributed by atoms with Crippen LogP contribution in [0.5, 0.6) is 0 Å². The summed E-state index contributed by atoms with van der Waals surface area (Å²) >= 11 is 0. The minimum Gasteiger partial charge on any atom is -0.380 e. The molecule has 2 N–H and O–H groups in total. The van der Waals surface area contributed by atoms with Gasteiger partial charge in [-0.3, -0.25) is 4.90 Å². The van der Waals surface area contributed by atoms with Crippen LogP contribution in [-0.2, 0) is 4.74 Å². The van der Waals surface area contributed by atoms with Gasteiger partial charge in [-0.25, -0.2) is 0 Å². The lowest BCUT2D eigenvalue weighted by Gasteiger charge is -2.38. The molecule has 0 amide bonds. The number of rotatable bonds is 1. The second kappa shape index (κ2) is 4.17. The lowest BCUT2D eigenvalue weighted by Crippen LogP contribution is -2.54. The molecule has 0 aromatic carbocycles. The number of nitrogens with zero attached hydrogens (tertiary/aromatic N) is 1. The van der Waals surface area contributed by atoms with Gasteiger partial charge in [0.05, 0.1) is 6.61 Å². The summed E-state index contributed by atoms with van der Waals surface area (Å²) in [4.78, 5) is 2.55. The van der Waals surface area contributed by atoms with Gasteiger partial charge in [-0.05, 0) is 25.7 Å². The molecule has 3 heteroatoms. The van der Waals surface area contributed by atoms with Crippen LogP contribution in [0.1, 0.15) is 26.7 Å². The fourth-order valence-electron chi connectivity index (χ4n) is 2.88. The third kappa shape index (κ3) is 1.95. The lowest BCUT2D eigenvalue weighted by molar-refractivity contribution is 0.00244. The number of hydrogen-bond acceptors (Lipinski definition) is 3. The topological polar surface area (TPSA) is 38.5 Å². The molecule has 2 aliphatic heterocycles. The van der Waals surface area contributed by atoms with Crippen molar-refractivity contribution in [3.63, 3.8) is 0 Å². The molecule has 0 bridgehead atoms. The molecule has 0 saturated carbocycles. The van der Waals surface area contributed by atoms with E-state index in [2.05, 4.69) is 18.7 Å². The normalized spacial score (nSPS) is 45.6. The number of nitrogens with two attached hydrogens (primary N) is 1. The first-order valence-electron chi connectivity index (χ1n) is 5.77. The van der Waals surface area contributed by atoms with Crippen LogP contribution in [0.3, 0.4) is 0 Å². The Morgan fingerprint density at radius 1 is 1.36 bits per heavy atom. The van der Waals surface area contributed by atoms with Gasteiger partial charge in [0, 0.05) is 31.3 Å². The molecule has 0 spiro atoms. The molecule has 2 rings (SSSR count). The number of ether oxygens (including phenoxy) is 1. The van der Waals surface area contributed by atoms with Gasteiger partial charge in [0.25, 0.3) is 0 Å². The zero-order valence-corrected chi connectivity index (χ0v) is 9.28. The van der Waals surface area contributed by atoms with Crippen LogP contribution < -0.4 is 5.73 Å². The SMILES string of the molecule is CC1CC(C)N(C2COCCC2N)C1. The van der Waals surface area contributed by atoms with Crippen molar-refractivity contribution >= 4 is 0 Å². The fourth-order valence-corrected chi connectivity index (χ4v) is 2.88. The van der Waals surface area contributed by atoms with Gasteiger partial charge >= 0.3 is 0 Å². The average molecular weight is 198 g/mol. The molecular weight excluding hydrogens is 176 g/mol. The van der Waals surface area contributed by atoms with Gasteiger partial charge in [0.2, 0.25) is 0 Å². The van der Waals surface area contributed by atoms with Gasteiger partial charge in [-0.2, -0.15) is 0 Å². The molecule has 0 aliphatic carbocycles. The zero-order chi connectivity index (χ0) is 10.1. The van der Waals surface area contributed by atoms with Crippen molar-refractivity contribution < 1.29 is 4.74 Å². The summed E-state index contributed by atoms with van der Waals surface area (Å²) in [6.45, 7) is 7.51. The summed E-state index contributed by atoms with van der Waals surface area (Å²) in [5, 5.41) is 0. The van der Waals surface area contributed by atoms with Gasteiger partial charge in [0.1, 0.15) is 0 Å². The Hall–Kier alpha value is -0.120. The van der Waals surface area contributed by atoms with E-state index >= 15 is 0 Å². The summed E-state index contributed by atoms with van der Waals surface area (Å²) in [6, 6.07) is 1.46. The summed E-state index contributed by atoms with van der Waals surface area (Å²) in [6.07, 6.45) is 2.32. The first-order chi connectivity index (χ1) is 6.68. The average Bonchev–Trinajstić information content (AvgIpc) is 2.46. The Kier molecular flexibility index (Phi) is 3.10. The van der Waals surface area contributed by atoms with E-state index < -0.39 is 0 Å². The van der Waals surface area contributed by atoms with Crippen molar-refractivity contribution in [2.75, 3.05) is 19.8 Å². The maximum atomic E-state index is 6.14. The second-order valence-electron chi connectivity index (χ2n) is 4.98. The highest BCUT2D eigenvalue weighted by Gasteiger charge is 2.36. The van der Waals surface area contributed by atoms with E-state index in [1.807, 2.05) is 0 Å². The molecule has 0 aromatic rings. The minimum atomic E-state index is 0.316. The predicted molar refractivity (Wildman–Crippen MR) is 57.1 cm³/mol. The van der Waals surface area contributed by atoms with Crippen molar-refractivity contribution in [3.8, 4) is 0 Å².